The Morgan fingerprint density at radius 3 is 2.33 bits per heavy atom. The molecular weight excluding hydrogens is 326 g/mol. The smallest absolute Gasteiger partial charge is 0.221 e. The molecule has 6 heteroatoms. The number of hydrogen-bond acceptors (Lipinski definition) is 5. The highest BCUT2D eigenvalue weighted by Crippen LogP contribution is 2.27. The largest absolute Gasteiger partial charge is 0.497 e. The number of anilines is 1. The molecule has 0 saturated carbocycles. The quantitative estimate of drug-likeness (QED) is 0.613. The average Bonchev–Trinajstić information content (AvgIpc) is 2.59. The number of benzene rings is 2. The number of nitrogens with one attached hydrogen (secondary N) is 1. The molecule has 126 valence electrons. The van der Waals surface area contributed by atoms with Gasteiger partial charge in [0.2, 0.25) is 5.91 Å². The minimum atomic E-state index is -0.114. The molecule has 1 N–H and O–H groups in total. The molecule has 0 aliphatic rings. The number of amides is 1. The van der Waals surface area contributed by atoms with Gasteiger partial charge < -0.3 is 14.8 Å². The van der Waals surface area contributed by atoms with Crippen LogP contribution < -0.4 is 14.8 Å². The van der Waals surface area contributed by atoms with E-state index in [1.54, 1.807) is 25.3 Å². The third kappa shape index (κ3) is 4.76. The standard InChI is InChI=1S/C18H19NO4S/c1-12(20)19-13-4-7-15(8-5-13)24-11-17(21)16-9-6-14(22-2)10-18(16)23-3/h4-10H,11H2,1-3H3,(H,19,20). The normalized spacial score (nSPS) is 10.1. The zero-order valence-corrected chi connectivity index (χ0v) is 14.6. The van der Waals surface area contributed by atoms with Crippen LogP contribution in [0.15, 0.2) is 47.4 Å². The van der Waals surface area contributed by atoms with Crippen LogP contribution in [-0.2, 0) is 4.79 Å². The van der Waals surface area contributed by atoms with E-state index in [1.165, 1.54) is 25.8 Å². The Kier molecular flexibility index (Phi) is 6.26. The lowest BCUT2D eigenvalue weighted by atomic mass is 10.1. The molecule has 5 nitrogen and oxygen atoms in total. The SMILES string of the molecule is COc1ccc(C(=O)CSc2ccc(NC(C)=O)cc2)c(OC)c1. The van der Waals surface area contributed by atoms with Crippen molar-refractivity contribution < 1.29 is 19.1 Å². The number of rotatable bonds is 7. The molecular formula is C18H19NO4S. The maximum absolute atomic E-state index is 12.4. The molecule has 0 aliphatic heterocycles. The van der Waals surface area contributed by atoms with E-state index in [9.17, 15) is 9.59 Å². The van der Waals surface area contributed by atoms with Crippen LogP contribution in [0, 0.1) is 0 Å². The molecule has 24 heavy (non-hydrogen) atoms. The highest BCUT2D eigenvalue weighted by atomic mass is 32.2. The first-order valence-corrected chi connectivity index (χ1v) is 8.27. The summed E-state index contributed by atoms with van der Waals surface area (Å²) in [6, 6.07) is 12.5. The summed E-state index contributed by atoms with van der Waals surface area (Å²) in [4.78, 5) is 24.4. The lowest BCUT2D eigenvalue weighted by Crippen LogP contribution is -2.06. The summed E-state index contributed by atoms with van der Waals surface area (Å²) in [7, 11) is 3.09. The minimum absolute atomic E-state index is 0.0227. The van der Waals surface area contributed by atoms with Gasteiger partial charge in [-0.2, -0.15) is 0 Å². The topological polar surface area (TPSA) is 64.6 Å². The van der Waals surface area contributed by atoms with Crippen molar-refractivity contribution in [2.24, 2.45) is 0 Å². The molecule has 2 rings (SSSR count). The number of methoxy groups -OCH3 is 2. The first-order valence-electron chi connectivity index (χ1n) is 7.29. The first-order chi connectivity index (χ1) is 11.5. The van der Waals surface area contributed by atoms with Gasteiger partial charge in [-0.05, 0) is 36.4 Å². The number of hydrogen-bond donors (Lipinski definition) is 1. The summed E-state index contributed by atoms with van der Waals surface area (Å²) in [6.07, 6.45) is 0. The van der Waals surface area contributed by atoms with Crippen molar-refractivity contribution in [3.8, 4) is 11.5 Å². The Morgan fingerprint density at radius 2 is 1.75 bits per heavy atom. The second-order valence-corrected chi connectivity index (χ2v) is 6.03. The van der Waals surface area contributed by atoms with Gasteiger partial charge in [0.15, 0.2) is 5.78 Å². The lowest BCUT2D eigenvalue weighted by molar-refractivity contribution is -0.114. The second-order valence-electron chi connectivity index (χ2n) is 4.98. The highest BCUT2D eigenvalue weighted by molar-refractivity contribution is 8.00. The molecule has 2 aromatic carbocycles. The van der Waals surface area contributed by atoms with Crippen molar-refractivity contribution >= 4 is 29.1 Å². The molecule has 0 atom stereocenters. The average molecular weight is 345 g/mol. The second kappa shape index (κ2) is 8.40. The summed E-state index contributed by atoms with van der Waals surface area (Å²) in [5.41, 5.74) is 1.26. The van der Waals surface area contributed by atoms with Gasteiger partial charge in [0, 0.05) is 23.6 Å². The molecule has 0 saturated heterocycles. The van der Waals surface area contributed by atoms with Crippen molar-refractivity contribution in [3.05, 3.63) is 48.0 Å². The summed E-state index contributed by atoms with van der Waals surface area (Å²) >= 11 is 1.43. The van der Waals surface area contributed by atoms with Gasteiger partial charge in [-0.15, -0.1) is 11.8 Å². The Morgan fingerprint density at radius 1 is 1.04 bits per heavy atom. The van der Waals surface area contributed by atoms with E-state index >= 15 is 0 Å². The minimum Gasteiger partial charge on any atom is -0.497 e. The highest BCUT2D eigenvalue weighted by Gasteiger charge is 2.13. The molecule has 0 fully saturated rings. The fraction of sp³-hybridized carbons (Fsp3) is 0.222. The van der Waals surface area contributed by atoms with Gasteiger partial charge in [0.25, 0.3) is 0 Å². The van der Waals surface area contributed by atoms with E-state index in [0.29, 0.717) is 22.8 Å². The Hall–Kier alpha value is -2.47. The fourth-order valence-electron chi connectivity index (χ4n) is 2.09. The predicted molar refractivity (Wildman–Crippen MR) is 95.3 cm³/mol. The Balaban J connectivity index is 2.01. The van der Waals surface area contributed by atoms with Crippen LogP contribution in [0.5, 0.6) is 11.5 Å². The van der Waals surface area contributed by atoms with E-state index in [2.05, 4.69) is 5.32 Å². The van der Waals surface area contributed by atoms with Crippen LogP contribution in [0.4, 0.5) is 5.69 Å². The van der Waals surface area contributed by atoms with Gasteiger partial charge in [-0.3, -0.25) is 9.59 Å². The van der Waals surface area contributed by atoms with Crippen molar-refractivity contribution in [2.75, 3.05) is 25.3 Å². The Bertz CT molecular complexity index is 728. The van der Waals surface area contributed by atoms with Crippen LogP contribution in [0.25, 0.3) is 0 Å². The van der Waals surface area contributed by atoms with E-state index < -0.39 is 0 Å². The molecule has 2 aromatic rings. The van der Waals surface area contributed by atoms with E-state index in [1.807, 2.05) is 24.3 Å². The van der Waals surface area contributed by atoms with Gasteiger partial charge >= 0.3 is 0 Å². The fourth-order valence-corrected chi connectivity index (χ4v) is 2.88. The summed E-state index contributed by atoms with van der Waals surface area (Å²) in [5, 5.41) is 2.71. The summed E-state index contributed by atoms with van der Waals surface area (Å²) < 4.78 is 10.4. The molecule has 0 bridgehead atoms. The maximum Gasteiger partial charge on any atom is 0.221 e. The zero-order valence-electron chi connectivity index (χ0n) is 13.8. The Labute approximate surface area is 145 Å². The van der Waals surface area contributed by atoms with Crippen LogP contribution in [0.2, 0.25) is 0 Å². The van der Waals surface area contributed by atoms with Crippen LogP contribution in [-0.4, -0.2) is 31.7 Å². The number of carbonyl (C=O) groups is 2. The van der Waals surface area contributed by atoms with Crippen molar-refractivity contribution in [1.82, 2.24) is 0 Å². The maximum atomic E-state index is 12.4. The third-order valence-electron chi connectivity index (χ3n) is 3.25. The molecule has 0 spiro atoms. The summed E-state index contributed by atoms with van der Waals surface area (Å²) in [6.45, 7) is 1.46. The number of ketones is 1. The summed E-state index contributed by atoms with van der Waals surface area (Å²) in [5.74, 6) is 1.30. The first kappa shape index (κ1) is 17.9. The van der Waals surface area contributed by atoms with Crippen molar-refractivity contribution in [3.63, 3.8) is 0 Å². The van der Waals surface area contributed by atoms with Gasteiger partial charge in [0.1, 0.15) is 11.5 Å². The molecule has 0 unspecified atom stereocenters. The third-order valence-corrected chi connectivity index (χ3v) is 4.27. The molecule has 1 amide bonds. The van der Waals surface area contributed by atoms with Gasteiger partial charge in [0.05, 0.1) is 25.5 Å². The molecule has 0 aromatic heterocycles. The van der Waals surface area contributed by atoms with Crippen molar-refractivity contribution in [2.45, 2.75) is 11.8 Å². The molecule has 0 radical (unpaired) electrons. The number of Topliss-reactive ketones (excluding diaryl/α,β-unsaturated/α-hetero) is 1. The van der Waals surface area contributed by atoms with Crippen molar-refractivity contribution in [1.29, 1.82) is 0 Å². The van der Waals surface area contributed by atoms with E-state index in [-0.39, 0.29) is 11.7 Å². The molecule has 0 aliphatic carbocycles. The zero-order chi connectivity index (χ0) is 17.5. The van der Waals surface area contributed by atoms with Gasteiger partial charge in [-0.1, -0.05) is 0 Å². The van der Waals surface area contributed by atoms with E-state index in [0.717, 1.165) is 10.6 Å². The number of thioether (sulfide) groups is 1. The van der Waals surface area contributed by atoms with Crippen LogP contribution in [0.3, 0.4) is 0 Å². The van der Waals surface area contributed by atoms with E-state index in [4.69, 9.17) is 9.47 Å². The molecule has 0 heterocycles. The van der Waals surface area contributed by atoms with Crippen LogP contribution >= 0.6 is 11.8 Å². The van der Waals surface area contributed by atoms with Gasteiger partial charge in [-0.25, -0.2) is 0 Å². The number of carbonyl (C=O) groups excluding carboxylic acids is 2. The van der Waals surface area contributed by atoms with Crippen LogP contribution in [0.1, 0.15) is 17.3 Å². The number of ether oxygens (including phenoxy) is 2. The predicted octanol–water partition coefficient (Wildman–Crippen LogP) is 3.64. The monoisotopic (exact) mass is 345 g/mol. The lowest BCUT2D eigenvalue weighted by Gasteiger charge is -2.09.